The highest BCUT2D eigenvalue weighted by Crippen LogP contribution is 2.24. The molecule has 6 nitrogen and oxygen atoms in total. The maximum Gasteiger partial charge on any atom is 0.352 e. The first kappa shape index (κ1) is 22.0. The second-order valence-electron chi connectivity index (χ2n) is 7.19. The van der Waals surface area contributed by atoms with Crippen molar-refractivity contribution in [3.05, 3.63) is 89.1 Å². The summed E-state index contributed by atoms with van der Waals surface area (Å²) in [5.74, 6) is -0.157. The van der Waals surface area contributed by atoms with Gasteiger partial charge in [0.2, 0.25) is 6.10 Å². The number of nitrogens with one attached hydrogen (secondary N) is 1. The van der Waals surface area contributed by atoms with Crippen LogP contribution in [0.5, 0.6) is 5.75 Å². The van der Waals surface area contributed by atoms with E-state index in [2.05, 4.69) is 10.3 Å². The maximum atomic E-state index is 12.8. The van der Waals surface area contributed by atoms with Gasteiger partial charge in [0.15, 0.2) is 0 Å². The van der Waals surface area contributed by atoms with E-state index < -0.39 is 12.1 Å². The fourth-order valence-electron chi connectivity index (χ4n) is 2.97. The van der Waals surface area contributed by atoms with Crippen molar-refractivity contribution in [1.82, 2.24) is 5.32 Å². The zero-order chi connectivity index (χ0) is 22.1. The highest BCUT2D eigenvalue weighted by Gasteiger charge is 2.24. The Balaban J connectivity index is 1.59. The first-order chi connectivity index (χ1) is 15.0. The van der Waals surface area contributed by atoms with E-state index in [1.54, 1.807) is 30.6 Å². The molecule has 160 valence electrons. The average molecular weight is 418 g/mol. The number of nitrogens with zero attached hydrogens (tertiary/aromatic N) is 1. The summed E-state index contributed by atoms with van der Waals surface area (Å²) in [4.78, 5) is 29.0. The lowest BCUT2D eigenvalue weighted by molar-refractivity contribution is -0.152. The predicted molar refractivity (Wildman–Crippen MR) is 120 cm³/mol. The molecule has 0 fully saturated rings. The molecular weight excluding hydrogens is 392 g/mol. The molecule has 1 amide bonds. The molecule has 1 atom stereocenters. The summed E-state index contributed by atoms with van der Waals surface area (Å²) in [7, 11) is 0. The molecule has 2 aromatic carbocycles. The van der Waals surface area contributed by atoms with Crippen molar-refractivity contribution in [3.8, 4) is 5.75 Å². The van der Waals surface area contributed by atoms with Crippen molar-refractivity contribution in [2.75, 3.05) is 13.2 Å². The number of allylic oxidation sites excluding steroid dienone is 1. The lowest BCUT2D eigenvalue weighted by atomic mass is 10.1. The minimum absolute atomic E-state index is 0.0393. The lowest BCUT2D eigenvalue weighted by Crippen LogP contribution is -2.30. The molecule has 1 heterocycles. The van der Waals surface area contributed by atoms with Crippen molar-refractivity contribution < 1.29 is 19.1 Å². The monoisotopic (exact) mass is 418 g/mol. The highest BCUT2D eigenvalue weighted by atomic mass is 16.6. The van der Waals surface area contributed by atoms with Gasteiger partial charge in [0, 0.05) is 30.0 Å². The number of aliphatic imine (C=N–C) groups is 1. The highest BCUT2D eigenvalue weighted by molar-refractivity contribution is 5.96. The minimum atomic E-state index is -0.900. The normalized spacial score (nSPS) is 13.7. The van der Waals surface area contributed by atoms with Gasteiger partial charge in [-0.15, -0.1) is 0 Å². The molecule has 6 heteroatoms. The van der Waals surface area contributed by atoms with E-state index in [1.165, 1.54) is 0 Å². The zero-order valence-electron chi connectivity index (χ0n) is 17.7. The lowest BCUT2D eigenvalue weighted by Gasteiger charge is -2.19. The van der Waals surface area contributed by atoms with Crippen LogP contribution in [0.1, 0.15) is 29.2 Å². The number of rotatable bonds is 8. The Labute approximate surface area is 182 Å². The summed E-state index contributed by atoms with van der Waals surface area (Å²) < 4.78 is 11.4. The summed E-state index contributed by atoms with van der Waals surface area (Å²) in [6, 6.07) is 15.1. The molecule has 0 saturated carbocycles. The van der Waals surface area contributed by atoms with Crippen LogP contribution in [0.4, 0.5) is 0 Å². The number of carbonyl (C=O) groups is 2. The maximum absolute atomic E-state index is 12.8. The second-order valence-corrected chi connectivity index (χ2v) is 7.19. The number of carbonyl (C=O) groups excluding carboxylic acids is 2. The van der Waals surface area contributed by atoms with E-state index in [9.17, 15) is 9.59 Å². The van der Waals surface area contributed by atoms with E-state index in [0.29, 0.717) is 23.3 Å². The van der Waals surface area contributed by atoms with Gasteiger partial charge >= 0.3 is 5.97 Å². The number of esters is 1. The first-order valence-electron chi connectivity index (χ1n) is 10.2. The van der Waals surface area contributed by atoms with Crippen LogP contribution >= 0.6 is 0 Å². The Hall–Kier alpha value is -3.67. The summed E-state index contributed by atoms with van der Waals surface area (Å²) in [5.41, 5.74) is 3.35. The van der Waals surface area contributed by atoms with Crippen molar-refractivity contribution in [2.45, 2.75) is 26.4 Å². The van der Waals surface area contributed by atoms with Crippen LogP contribution in [-0.2, 0) is 14.3 Å². The van der Waals surface area contributed by atoms with Gasteiger partial charge in [-0.25, -0.2) is 4.79 Å². The Kier molecular flexibility index (Phi) is 7.76. The third kappa shape index (κ3) is 6.67. The average Bonchev–Trinajstić information content (AvgIpc) is 3.05. The fourth-order valence-corrected chi connectivity index (χ4v) is 2.97. The molecule has 1 aliphatic rings. The number of ether oxygens (including phenoxy) is 2. The zero-order valence-corrected chi connectivity index (χ0v) is 17.7. The SMILES string of the molecule is Cc1ccc(C(Oc2cccc(C)c2)C(=O)OCCNC(=O)C2=CCC=NC=C2)cc1. The summed E-state index contributed by atoms with van der Waals surface area (Å²) in [6.45, 7) is 4.17. The minimum Gasteiger partial charge on any atom is -0.474 e. The number of amides is 1. The smallest absolute Gasteiger partial charge is 0.352 e. The Bertz CT molecular complexity index is 1010. The molecule has 0 bridgehead atoms. The van der Waals surface area contributed by atoms with Crippen molar-refractivity contribution >= 4 is 18.1 Å². The van der Waals surface area contributed by atoms with Crippen LogP contribution in [0.15, 0.2) is 77.4 Å². The van der Waals surface area contributed by atoms with Crippen LogP contribution in [0.25, 0.3) is 0 Å². The van der Waals surface area contributed by atoms with E-state index >= 15 is 0 Å². The molecule has 1 aliphatic heterocycles. The van der Waals surface area contributed by atoms with E-state index in [1.807, 2.05) is 56.3 Å². The van der Waals surface area contributed by atoms with Crippen LogP contribution in [0.2, 0.25) is 0 Å². The summed E-state index contributed by atoms with van der Waals surface area (Å²) >= 11 is 0. The standard InChI is InChI=1S/C25H26N2O4/c1-18-8-10-20(11-9-18)23(31-22-7-3-5-19(2)17-22)25(29)30-16-15-27-24(28)21-6-4-13-26-14-12-21/h3,5-14,17,23H,4,15-16H2,1-2H3,(H,27,28). The van der Waals surface area contributed by atoms with Crippen molar-refractivity contribution in [2.24, 2.45) is 4.99 Å². The molecule has 0 aliphatic carbocycles. The molecule has 1 unspecified atom stereocenters. The largest absolute Gasteiger partial charge is 0.474 e. The van der Waals surface area contributed by atoms with E-state index in [-0.39, 0.29) is 19.1 Å². The van der Waals surface area contributed by atoms with Crippen molar-refractivity contribution in [1.29, 1.82) is 0 Å². The Morgan fingerprint density at radius 3 is 2.68 bits per heavy atom. The third-order valence-corrected chi connectivity index (χ3v) is 4.62. The first-order valence-corrected chi connectivity index (χ1v) is 10.2. The predicted octanol–water partition coefficient (Wildman–Crippen LogP) is 4.00. The topological polar surface area (TPSA) is 77.0 Å². The number of hydrogen-bond donors (Lipinski definition) is 1. The summed E-state index contributed by atoms with van der Waals surface area (Å²) in [6.07, 6.45) is 6.43. The van der Waals surface area contributed by atoms with E-state index in [0.717, 1.165) is 11.1 Å². The molecule has 3 rings (SSSR count). The molecule has 0 aromatic heterocycles. The van der Waals surface area contributed by atoms with Gasteiger partial charge in [-0.05, 0) is 37.6 Å². The molecular formula is C25H26N2O4. The Morgan fingerprint density at radius 1 is 1.10 bits per heavy atom. The van der Waals surface area contributed by atoms with E-state index in [4.69, 9.17) is 9.47 Å². The number of hydrogen-bond acceptors (Lipinski definition) is 5. The van der Waals surface area contributed by atoms with Gasteiger partial charge in [-0.3, -0.25) is 9.79 Å². The molecule has 0 saturated heterocycles. The van der Waals surface area contributed by atoms with Gasteiger partial charge in [-0.1, -0.05) is 48.0 Å². The summed E-state index contributed by atoms with van der Waals surface area (Å²) in [5, 5.41) is 2.75. The van der Waals surface area contributed by atoms with Crippen molar-refractivity contribution in [3.63, 3.8) is 0 Å². The van der Waals surface area contributed by atoms with Gasteiger partial charge in [-0.2, -0.15) is 0 Å². The molecule has 1 N–H and O–H groups in total. The van der Waals surface area contributed by atoms with Gasteiger partial charge in [0.05, 0.1) is 6.54 Å². The van der Waals surface area contributed by atoms with Gasteiger partial charge in [0.1, 0.15) is 12.4 Å². The van der Waals surface area contributed by atoms with Crippen LogP contribution < -0.4 is 10.1 Å². The van der Waals surface area contributed by atoms with Gasteiger partial charge < -0.3 is 14.8 Å². The fraction of sp³-hybridized carbons (Fsp3) is 0.240. The molecule has 31 heavy (non-hydrogen) atoms. The second kappa shape index (κ2) is 10.9. The van der Waals surface area contributed by atoms with Gasteiger partial charge in [0.25, 0.3) is 5.91 Å². The number of aryl methyl sites for hydroxylation is 2. The molecule has 2 aromatic rings. The number of benzene rings is 2. The third-order valence-electron chi connectivity index (χ3n) is 4.62. The van der Waals surface area contributed by atoms with Crippen LogP contribution in [0.3, 0.4) is 0 Å². The quantitative estimate of drug-likeness (QED) is 0.519. The van der Waals surface area contributed by atoms with Crippen LogP contribution in [-0.4, -0.2) is 31.2 Å². The van der Waals surface area contributed by atoms with Crippen LogP contribution in [0, 0.1) is 13.8 Å². The molecule has 0 radical (unpaired) electrons. The molecule has 0 spiro atoms. The Morgan fingerprint density at radius 2 is 1.90 bits per heavy atom.